The number of carbonyl (C=O) groups is 3. The molecular formula is C18H25N3O4. The molecule has 1 aromatic carbocycles. The van der Waals surface area contributed by atoms with E-state index in [-0.39, 0.29) is 30.4 Å². The van der Waals surface area contributed by atoms with Crippen LogP contribution in [0.25, 0.3) is 0 Å². The van der Waals surface area contributed by atoms with Crippen LogP contribution in [-0.2, 0) is 9.53 Å². The Balaban J connectivity index is 1.73. The molecule has 1 saturated heterocycles. The molecule has 0 unspecified atom stereocenters. The standard InChI is InChI=1S/C18H25N3O4/c1-3-25-18(24)21-9-7-15(8-10-21)19-12-17(23)20-16-6-4-5-14(11-16)13(2)22/h4-6,11,15,19H,3,7-10,12H2,1-2H3,(H,20,23). The number of ether oxygens (including phenoxy) is 1. The SMILES string of the molecule is CCOC(=O)N1CCC(NCC(=O)Nc2cccc(C(C)=O)c2)CC1. The molecule has 1 fully saturated rings. The van der Waals surface area contributed by atoms with Crippen molar-refractivity contribution in [3.05, 3.63) is 29.8 Å². The van der Waals surface area contributed by atoms with Gasteiger partial charge in [0.1, 0.15) is 0 Å². The smallest absolute Gasteiger partial charge is 0.409 e. The Morgan fingerprint density at radius 1 is 1.24 bits per heavy atom. The van der Waals surface area contributed by atoms with Crippen LogP contribution in [0, 0.1) is 0 Å². The van der Waals surface area contributed by atoms with Gasteiger partial charge in [0.15, 0.2) is 5.78 Å². The van der Waals surface area contributed by atoms with Crippen LogP contribution in [0.1, 0.15) is 37.0 Å². The Hall–Kier alpha value is -2.41. The molecule has 0 radical (unpaired) electrons. The van der Waals surface area contributed by atoms with Crippen LogP contribution >= 0.6 is 0 Å². The molecule has 0 bridgehead atoms. The molecule has 7 nitrogen and oxygen atoms in total. The predicted octanol–water partition coefficient (Wildman–Crippen LogP) is 2.04. The van der Waals surface area contributed by atoms with Gasteiger partial charge in [0.2, 0.25) is 5.91 Å². The quantitative estimate of drug-likeness (QED) is 0.769. The molecule has 0 saturated carbocycles. The van der Waals surface area contributed by atoms with Gasteiger partial charge in [0.25, 0.3) is 0 Å². The molecule has 0 atom stereocenters. The van der Waals surface area contributed by atoms with Crippen molar-refractivity contribution >= 4 is 23.5 Å². The van der Waals surface area contributed by atoms with Crippen LogP contribution in [0.3, 0.4) is 0 Å². The van der Waals surface area contributed by atoms with Crippen molar-refractivity contribution in [1.29, 1.82) is 0 Å². The number of nitrogens with zero attached hydrogens (tertiary/aromatic N) is 1. The third kappa shape index (κ3) is 5.86. The minimum atomic E-state index is -0.274. The number of carbonyl (C=O) groups excluding carboxylic acids is 3. The van der Waals surface area contributed by atoms with E-state index in [2.05, 4.69) is 10.6 Å². The summed E-state index contributed by atoms with van der Waals surface area (Å²) in [6, 6.07) is 7.07. The summed E-state index contributed by atoms with van der Waals surface area (Å²) in [6.07, 6.45) is 1.29. The zero-order valence-corrected chi connectivity index (χ0v) is 14.7. The van der Waals surface area contributed by atoms with Crippen molar-refractivity contribution in [2.45, 2.75) is 32.7 Å². The summed E-state index contributed by atoms with van der Waals surface area (Å²) >= 11 is 0. The lowest BCUT2D eigenvalue weighted by atomic mass is 10.1. The highest BCUT2D eigenvalue weighted by molar-refractivity contribution is 5.97. The predicted molar refractivity (Wildman–Crippen MR) is 94.7 cm³/mol. The van der Waals surface area contributed by atoms with Gasteiger partial charge in [-0.15, -0.1) is 0 Å². The molecule has 0 aromatic heterocycles. The summed E-state index contributed by atoms with van der Waals surface area (Å²) in [5, 5.41) is 6.00. The molecule has 1 aliphatic heterocycles. The number of hydrogen-bond acceptors (Lipinski definition) is 5. The third-order valence-electron chi connectivity index (χ3n) is 4.13. The van der Waals surface area contributed by atoms with Crippen molar-refractivity contribution in [3.63, 3.8) is 0 Å². The van der Waals surface area contributed by atoms with Crippen LogP contribution in [0.5, 0.6) is 0 Å². The van der Waals surface area contributed by atoms with E-state index in [0.717, 1.165) is 12.8 Å². The molecule has 2 N–H and O–H groups in total. The lowest BCUT2D eigenvalue weighted by Crippen LogP contribution is -2.46. The molecule has 1 heterocycles. The normalized spacial score (nSPS) is 14.9. The van der Waals surface area contributed by atoms with Gasteiger partial charge in [-0.25, -0.2) is 4.79 Å². The Morgan fingerprint density at radius 3 is 2.60 bits per heavy atom. The maximum Gasteiger partial charge on any atom is 0.409 e. The van der Waals surface area contributed by atoms with E-state index < -0.39 is 0 Å². The summed E-state index contributed by atoms with van der Waals surface area (Å²) in [6.45, 7) is 5.09. The number of anilines is 1. The van der Waals surface area contributed by atoms with Crippen LogP contribution < -0.4 is 10.6 Å². The zero-order valence-electron chi connectivity index (χ0n) is 14.7. The molecule has 1 aromatic rings. The first-order chi connectivity index (χ1) is 12.0. The van der Waals surface area contributed by atoms with Gasteiger partial charge in [-0.05, 0) is 38.8 Å². The molecule has 2 amide bonds. The van der Waals surface area contributed by atoms with Gasteiger partial charge in [-0.3, -0.25) is 9.59 Å². The molecule has 25 heavy (non-hydrogen) atoms. The summed E-state index contributed by atoms with van der Waals surface area (Å²) < 4.78 is 4.99. The van der Waals surface area contributed by atoms with E-state index in [9.17, 15) is 14.4 Å². The number of likely N-dealkylation sites (tertiary alicyclic amines) is 1. The molecule has 2 rings (SSSR count). The molecule has 1 aliphatic rings. The lowest BCUT2D eigenvalue weighted by Gasteiger charge is -2.31. The first-order valence-corrected chi connectivity index (χ1v) is 8.55. The number of rotatable bonds is 6. The largest absolute Gasteiger partial charge is 0.450 e. The average molecular weight is 347 g/mol. The number of amides is 2. The van der Waals surface area contributed by atoms with E-state index in [1.54, 1.807) is 36.1 Å². The van der Waals surface area contributed by atoms with E-state index in [1.807, 2.05) is 0 Å². The van der Waals surface area contributed by atoms with Gasteiger partial charge >= 0.3 is 6.09 Å². The van der Waals surface area contributed by atoms with Crippen LogP contribution in [0.15, 0.2) is 24.3 Å². The minimum absolute atomic E-state index is 0.0393. The molecule has 0 aliphatic carbocycles. The maximum atomic E-state index is 12.1. The zero-order chi connectivity index (χ0) is 18.2. The fourth-order valence-corrected chi connectivity index (χ4v) is 2.74. The molecule has 7 heteroatoms. The van der Waals surface area contributed by atoms with Gasteiger partial charge in [0, 0.05) is 30.4 Å². The van der Waals surface area contributed by atoms with Crippen LogP contribution in [0.2, 0.25) is 0 Å². The van der Waals surface area contributed by atoms with E-state index >= 15 is 0 Å². The van der Waals surface area contributed by atoms with Crippen molar-refractivity contribution in [3.8, 4) is 0 Å². The maximum absolute atomic E-state index is 12.1. The highest BCUT2D eigenvalue weighted by Crippen LogP contribution is 2.13. The van der Waals surface area contributed by atoms with Crippen molar-refractivity contribution in [2.24, 2.45) is 0 Å². The summed E-state index contributed by atoms with van der Waals surface area (Å²) in [4.78, 5) is 36.8. The van der Waals surface area contributed by atoms with Crippen LogP contribution in [0.4, 0.5) is 10.5 Å². The number of piperidine rings is 1. The van der Waals surface area contributed by atoms with E-state index in [4.69, 9.17) is 4.74 Å². The second-order valence-corrected chi connectivity index (χ2v) is 6.03. The summed E-state index contributed by atoms with van der Waals surface area (Å²) in [5.74, 6) is -0.198. The second-order valence-electron chi connectivity index (χ2n) is 6.03. The van der Waals surface area contributed by atoms with E-state index in [1.165, 1.54) is 6.92 Å². The van der Waals surface area contributed by atoms with E-state index in [0.29, 0.717) is 30.9 Å². The Bertz CT molecular complexity index is 625. The van der Waals surface area contributed by atoms with Gasteiger partial charge in [0.05, 0.1) is 13.2 Å². The Morgan fingerprint density at radius 2 is 1.96 bits per heavy atom. The first kappa shape index (κ1) is 18.9. The monoisotopic (exact) mass is 347 g/mol. The van der Waals surface area contributed by atoms with Gasteiger partial charge in [-0.2, -0.15) is 0 Å². The van der Waals surface area contributed by atoms with Crippen molar-refractivity contribution < 1.29 is 19.1 Å². The number of ketones is 1. The highest BCUT2D eigenvalue weighted by Gasteiger charge is 2.23. The Kier molecular flexibility index (Phi) is 6.94. The molecule has 136 valence electrons. The lowest BCUT2D eigenvalue weighted by molar-refractivity contribution is -0.115. The number of nitrogens with one attached hydrogen (secondary N) is 2. The highest BCUT2D eigenvalue weighted by atomic mass is 16.6. The first-order valence-electron chi connectivity index (χ1n) is 8.55. The number of hydrogen-bond donors (Lipinski definition) is 2. The van der Waals surface area contributed by atoms with Crippen molar-refractivity contribution in [2.75, 3.05) is 31.6 Å². The summed E-state index contributed by atoms with van der Waals surface area (Å²) in [5.41, 5.74) is 1.17. The van der Waals surface area contributed by atoms with Crippen molar-refractivity contribution in [1.82, 2.24) is 10.2 Å². The Labute approximate surface area is 147 Å². The second kappa shape index (κ2) is 9.17. The number of benzene rings is 1. The topological polar surface area (TPSA) is 87.7 Å². The van der Waals surface area contributed by atoms with Gasteiger partial charge in [-0.1, -0.05) is 12.1 Å². The number of Topliss-reactive ketones (excluding diaryl/α,β-unsaturated/α-hetero) is 1. The van der Waals surface area contributed by atoms with Crippen LogP contribution in [-0.4, -0.2) is 55.0 Å². The third-order valence-corrected chi connectivity index (χ3v) is 4.13. The molecule has 0 spiro atoms. The summed E-state index contributed by atoms with van der Waals surface area (Å²) in [7, 11) is 0. The van der Waals surface area contributed by atoms with Gasteiger partial charge < -0.3 is 20.3 Å². The average Bonchev–Trinajstić information content (AvgIpc) is 2.61. The fraction of sp³-hybridized carbons (Fsp3) is 0.500. The fourth-order valence-electron chi connectivity index (χ4n) is 2.74. The molecular weight excluding hydrogens is 322 g/mol. The minimum Gasteiger partial charge on any atom is -0.450 e.